The van der Waals surface area contributed by atoms with E-state index in [0.29, 0.717) is 5.69 Å². The third kappa shape index (κ3) is 2.06. The summed E-state index contributed by atoms with van der Waals surface area (Å²) in [5.41, 5.74) is 0.602. The summed E-state index contributed by atoms with van der Waals surface area (Å²) < 4.78 is 0. The predicted octanol–water partition coefficient (Wildman–Crippen LogP) is 3.17. The minimum absolute atomic E-state index is 0.0191. The summed E-state index contributed by atoms with van der Waals surface area (Å²) in [5.74, 6) is -0.293. The molecule has 0 saturated carbocycles. The number of phenols is 1. The van der Waals surface area contributed by atoms with E-state index in [1.54, 1.807) is 36.5 Å². The van der Waals surface area contributed by atoms with E-state index in [1.165, 1.54) is 0 Å². The fraction of sp³-hybridized carbons (Fsp3) is 0. The number of aromatic nitrogens is 1. The van der Waals surface area contributed by atoms with E-state index in [2.05, 4.69) is 4.98 Å². The maximum atomic E-state index is 12.3. The lowest BCUT2D eigenvalue weighted by molar-refractivity contribution is 0.103. The second-order valence-corrected chi connectivity index (χ2v) is 4.26. The van der Waals surface area contributed by atoms with Gasteiger partial charge in [-0.25, -0.2) is 0 Å². The van der Waals surface area contributed by atoms with Crippen molar-refractivity contribution in [2.24, 2.45) is 0 Å². The molecular formula is C16H11NO2. The van der Waals surface area contributed by atoms with Crippen molar-refractivity contribution in [3.63, 3.8) is 0 Å². The minimum atomic E-state index is -0.274. The van der Waals surface area contributed by atoms with E-state index < -0.39 is 0 Å². The molecule has 0 unspecified atom stereocenters. The molecule has 3 rings (SSSR count). The lowest BCUT2D eigenvalue weighted by atomic mass is 10.0. The van der Waals surface area contributed by atoms with E-state index in [0.717, 1.165) is 10.8 Å². The van der Waals surface area contributed by atoms with Crippen LogP contribution < -0.4 is 0 Å². The van der Waals surface area contributed by atoms with Crippen LogP contribution in [0.15, 0.2) is 60.8 Å². The molecule has 0 fully saturated rings. The number of carbonyl (C=O) groups is 1. The van der Waals surface area contributed by atoms with Crippen LogP contribution in [0.2, 0.25) is 0 Å². The van der Waals surface area contributed by atoms with Gasteiger partial charge in [-0.2, -0.15) is 0 Å². The highest BCUT2D eigenvalue weighted by atomic mass is 16.3. The van der Waals surface area contributed by atoms with Crippen LogP contribution in [-0.4, -0.2) is 15.9 Å². The molecule has 0 amide bonds. The Kier molecular flexibility index (Phi) is 2.72. The van der Waals surface area contributed by atoms with Gasteiger partial charge in [-0.05, 0) is 35.0 Å². The highest BCUT2D eigenvalue weighted by Gasteiger charge is 2.15. The van der Waals surface area contributed by atoms with E-state index in [4.69, 9.17) is 0 Å². The molecule has 0 atom stereocenters. The Morgan fingerprint density at radius 2 is 1.63 bits per heavy atom. The molecule has 3 nitrogen and oxygen atoms in total. The molecule has 0 radical (unpaired) electrons. The number of ketones is 1. The molecule has 1 N–H and O–H groups in total. The molecule has 19 heavy (non-hydrogen) atoms. The van der Waals surface area contributed by atoms with Gasteiger partial charge in [0.2, 0.25) is 5.78 Å². The van der Waals surface area contributed by atoms with Crippen molar-refractivity contribution in [1.29, 1.82) is 0 Å². The molecule has 3 heteroatoms. The number of nitrogens with zero attached hydrogens (tertiary/aromatic N) is 1. The highest BCUT2D eigenvalue weighted by Crippen LogP contribution is 2.26. The molecule has 0 bridgehead atoms. The Hall–Kier alpha value is -2.68. The van der Waals surface area contributed by atoms with Crippen molar-refractivity contribution in [1.82, 2.24) is 4.98 Å². The molecule has 0 spiro atoms. The molecule has 0 aliphatic carbocycles. The number of hydrogen-bond donors (Lipinski definition) is 1. The number of hydrogen-bond acceptors (Lipinski definition) is 3. The molecule has 0 saturated heterocycles. The standard InChI is InChI=1S/C16H11NO2/c18-15-10-12-6-2-1-5-11(12)9-13(15)16(19)14-7-3-4-8-17-14/h1-10,18H. The van der Waals surface area contributed by atoms with Gasteiger partial charge in [-0.15, -0.1) is 0 Å². The van der Waals surface area contributed by atoms with Crippen molar-refractivity contribution in [3.05, 3.63) is 72.1 Å². The van der Waals surface area contributed by atoms with Gasteiger partial charge >= 0.3 is 0 Å². The molecule has 2 aromatic carbocycles. The number of aromatic hydroxyl groups is 1. The molecule has 0 aliphatic rings. The maximum absolute atomic E-state index is 12.3. The van der Waals surface area contributed by atoms with Crippen molar-refractivity contribution >= 4 is 16.6 Å². The third-order valence-corrected chi connectivity index (χ3v) is 3.01. The van der Waals surface area contributed by atoms with E-state index >= 15 is 0 Å². The van der Waals surface area contributed by atoms with Gasteiger partial charge in [0.1, 0.15) is 11.4 Å². The van der Waals surface area contributed by atoms with Crippen LogP contribution in [0.25, 0.3) is 10.8 Å². The summed E-state index contributed by atoms with van der Waals surface area (Å²) in [4.78, 5) is 16.3. The molecule has 92 valence electrons. The smallest absolute Gasteiger partial charge is 0.215 e. The van der Waals surface area contributed by atoms with E-state index in [9.17, 15) is 9.90 Å². The summed E-state index contributed by atoms with van der Waals surface area (Å²) in [5, 5.41) is 11.8. The monoisotopic (exact) mass is 249 g/mol. The first-order valence-corrected chi connectivity index (χ1v) is 5.93. The Morgan fingerprint density at radius 1 is 0.947 bits per heavy atom. The molecule has 0 aliphatic heterocycles. The van der Waals surface area contributed by atoms with Gasteiger partial charge in [-0.1, -0.05) is 30.3 Å². The Morgan fingerprint density at radius 3 is 2.32 bits per heavy atom. The second kappa shape index (κ2) is 4.53. The molecule has 3 aromatic rings. The van der Waals surface area contributed by atoms with Crippen molar-refractivity contribution < 1.29 is 9.90 Å². The maximum Gasteiger partial charge on any atom is 0.215 e. The van der Waals surface area contributed by atoms with Gasteiger partial charge in [0.25, 0.3) is 0 Å². The van der Waals surface area contributed by atoms with Crippen molar-refractivity contribution in [2.45, 2.75) is 0 Å². The minimum Gasteiger partial charge on any atom is -0.507 e. The first kappa shape index (κ1) is 11.4. The summed E-state index contributed by atoms with van der Waals surface area (Å²) in [6.45, 7) is 0. The number of benzene rings is 2. The quantitative estimate of drug-likeness (QED) is 0.710. The second-order valence-electron chi connectivity index (χ2n) is 4.26. The summed E-state index contributed by atoms with van der Waals surface area (Å²) in [6.07, 6.45) is 1.56. The first-order valence-electron chi connectivity index (χ1n) is 5.93. The number of pyridine rings is 1. The number of carbonyl (C=O) groups excluding carboxylic acids is 1. The SMILES string of the molecule is O=C(c1ccccn1)c1cc2ccccc2cc1O. The number of rotatable bonds is 2. The van der Waals surface area contributed by atoms with Crippen LogP contribution in [0.1, 0.15) is 16.1 Å². The topological polar surface area (TPSA) is 50.2 Å². The fourth-order valence-corrected chi connectivity index (χ4v) is 2.05. The average molecular weight is 249 g/mol. The van der Waals surface area contributed by atoms with Crippen LogP contribution in [0.5, 0.6) is 5.75 Å². The lowest BCUT2D eigenvalue weighted by Crippen LogP contribution is -2.03. The highest BCUT2D eigenvalue weighted by molar-refractivity contribution is 6.11. The summed E-state index contributed by atoms with van der Waals surface area (Å²) in [6, 6.07) is 16.0. The van der Waals surface area contributed by atoms with Gasteiger partial charge in [0, 0.05) is 6.20 Å². The van der Waals surface area contributed by atoms with Crippen LogP contribution in [0, 0.1) is 0 Å². The normalized spacial score (nSPS) is 10.5. The molecule has 1 aromatic heterocycles. The Bertz CT molecular complexity index is 751. The van der Waals surface area contributed by atoms with Gasteiger partial charge in [0.15, 0.2) is 0 Å². The van der Waals surface area contributed by atoms with Crippen LogP contribution in [0.3, 0.4) is 0 Å². The van der Waals surface area contributed by atoms with Gasteiger partial charge in [-0.3, -0.25) is 9.78 Å². The van der Waals surface area contributed by atoms with Gasteiger partial charge < -0.3 is 5.11 Å². The largest absolute Gasteiger partial charge is 0.507 e. The zero-order valence-corrected chi connectivity index (χ0v) is 10.1. The molecule has 1 heterocycles. The first-order chi connectivity index (χ1) is 9.25. The average Bonchev–Trinajstić information content (AvgIpc) is 2.47. The van der Waals surface area contributed by atoms with E-state index in [-0.39, 0.29) is 17.1 Å². The van der Waals surface area contributed by atoms with Crippen LogP contribution in [0.4, 0.5) is 0 Å². The number of fused-ring (bicyclic) bond motifs is 1. The van der Waals surface area contributed by atoms with Gasteiger partial charge in [0.05, 0.1) is 5.56 Å². The zero-order chi connectivity index (χ0) is 13.2. The fourth-order valence-electron chi connectivity index (χ4n) is 2.05. The zero-order valence-electron chi connectivity index (χ0n) is 10.1. The summed E-state index contributed by atoms with van der Waals surface area (Å²) >= 11 is 0. The van der Waals surface area contributed by atoms with Crippen molar-refractivity contribution in [3.8, 4) is 5.75 Å². The van der Waals surface area contributed by atoms with Crippen LogP contribution in [-0.2, 0) is 0 Å². The lowest BCUT2D eigenvalue weighted by Gasteiger charge is -2.05. The Labute approximate surface area is 110 Å². The molecular weight excluding hydrogens is 238 g/mol. The van der Waals surface area contributed by atoms with Crippen molar-refractivity contribution in [2.75, 3.05) is 0 Å². The Balaban J connectivity index is 2.15. The predicted molar refractivity (Wildman–Crippen MR) is 73.3 cm³/mol. The van der Waals surface area contributed by atoms with Crippen LogP contribution >= 0.6 is 0 Å². The third-order valence-electron chi connectivity index (χ3n) is 3.01. The summed E-state index contributed by atoms with van der Waals surface area (Å²) in [7, 11) is 0. The number of phenolic OH excluding ortho intramolecular Hbond substituents is 1. The van der Waals surface area contributed by atoms with E-state index in [1.807, 2.05) is 24.3 Å².